The van der Waals surface area contributed by atoms with E-state index >= 15 is 0 Å². The molecule has 1 N–H and O–H groups in total. The molecule has 0 spiro atoms. The highest BCUT2D eigenvalue weighted by atomic mass is 79.9. The Balaban J connectivity index is 1.91. The number of amides is 2. The minimum atomic E-state index is -0.402. The largest absolute Gasteiger partial charge is 0.351 e. The van der Waals surface area contributed by atoms with Crippen molar-refractivity contribution in [3.8, 4) is 0 Å². The number of rotatable bonds is 5. The van der Waals surface area contributed by atoms with Gasteiger partial charge in [0.05, 0.1) is 17.0 Å². The van der Waals surface area contributed by atoms with Crippen molar-refractivity contribution in [1.82, 2.24) is 9.88 Å². The fourth-order valence-electron chi connectivity index (χ4n) is 3.74. The molecule has 1 aromatic heterocycles. The van der Waals surface area contributed by atoms with E-state index in [4.69, 9.17) is 0 Å². The summed E-state index contributed by atoms with van der Waals surface area (Å²) in [6.45, 7) is 10.3. The number of aryl methyl sites for hydroxylation is 1. The van der Waals surface area contributed by atoms with Crippen molar-refractivity contribution in [2.45, 2.75) is 47.1 Å². The van der Waals surface area contributed by atoms with E-state index in [-0.39, 0.29) is 18.4 Å². The molecule has 2 unspecified atom stereocenters. The number of aliphatic imine (C=N–C) groups is 1. The van der Waals surface area contributed by atoms with E-state index in [0.717, 1.165) is 32.9 Å². The molecule has 148 valence electrons. The number of hydrogen-bond acceptors (Lipinski definition) is 2. The zero-order valence-corrected chi connectivity index (χ0v) is 18.6. The molecule has 0 radical (unpaired) electrons. The van der Waals surface area contributed by atoms with Crippen molar-refractivity contribution in [3.63, 3.8) is 0 Å². The van der Waals surface area contributed by atoms with Crippen LogP contribution in [0.2, 0.25) is 0 Å². The molecule has 0 aliphatic carbocycles. The molecule has 28 heavy (non-hydrogen) atoms. The lowest BCUT2D eigenvalue weighted by molar-refractivity contribution is -0.120. The first-order valence-corrected chi connectivity index (χ1v) is 10.4. The van der Waals surface area contributed by atoms with Crippen LogP contribution in [0.3, 0.4) is 0 Å². The number of nitrogens with one attached hydrogen (secondary N) is 1. The normalized spacial score (nSPS) is 18.1. The van der Waals surface area contributed by atoms with Gasteiger partial charge in [-0.05, 0) is 57.9 Å². The van der Waals surface area contributed by atoms with Crippen LogP contribution in [0.5, 0.6) is 0 Å². The van der Waals surface area contributed by atoms with Crippen molar-refractivity contribution in [2.75, 3.05) is 6.54 Å². The summed E-state index contributed by atoms with van der Waals surface area (Å²) in [6.07, 6.45) is 5.01. The van der Waals surface area contributed by atoms with Crippen molar-refractivity contribution in [1.29, 1.82) is 0 Å². The maximum Gasteiger partial charge on any atom is 0.254 e. The van der Waals surface area contributed by atoms with Gasteiger partial charge in [0.2, 0.25) is 0 Å². The van der Waals surface area contributed by atoms with Gasteiger partial charge in [0, 0.05) is 34.4 Å². The van der Waals surface area contributed by atoms with Crippen LogP contribution in [-0.4, -0.2) is 28.6 Å². The van der Waals surface area contributed by atoms with E-state index < -0.39 is 5.92 Å². The summed E-state index contributed by atoms with van der Waals surface area (Å²) in [5.74, 6) is -0.777. The van der Waals surface area contributed by atoms with Gasteiger partial charge >= 0.3 is 0 Å². The molecule has 2 aromatic rings. The predicted octanol–water partition coefficient (Wildman–Crippen LogP) is 4.98. The maximum atomic E-state index is 13.0. The third kappa shape index (κ3) is 3.83. The number of carbonyl (C=O) groups is 2. The quantitative estimate of drug-likeness (QED) is 0.707. The maximum absolute atomic E-state index is 13.0. The lowest BCUT2D eigenvalue weighted by Crippen LogP contribution is -2.34. The van der Waals surface area contributed by atoms with Crippen molar-refractivity contribution in [3.05, 3.63) is 45.6 Å². The monoisotopic (exact) mass is 443 g/mol. The summed E-state index contributed by atoms with van der Waals surface area (Å²) in [6, 6.07) is 4.25. The van der Waals surface area contributed by atoms with Crippen LogP contribution < -0.4 is 5.32 Å². The third-order valence-corrected chi connectivity index (χ3v) is 5.89. The summed E-state index contributed by atoms with van der Waals surface area (Å²) in [5, 5.41) is 3.90. The Bertz CT molecular complexity index is 1020. The number of carbonyl (C=O) groups excluding carboxylic acids is 2. The molecule has 1 aliphatic rings. The number of halogens is 1. The highest BCUT2D eigenvalue weighted by Gasteiger charge is 2.25. The van der Waals surface area contributed by atoms with E-state index in [1.165, 1.54) is 0 Å². The van der Waals surface area contributed by atoms with E-state index in [0.29, 0.717) is 17.3 Å². The Morgan fingerprint density at radius 1 is 1.32 bits per heavy atom. The van der Waals surface area contributed by atoms with Crippen LogP contribution in [-0.2, 0) is 4.79 Å². The zero-order chi connectivity index (χ0) is 20.6. The first-order chi connectivity index (χ1) is 13.2. The third-order valence-electron chi connectivity index (χ3n) is 5.44. The summed E-state index contributed by atoms with van der Waals surface area (Å²) in [7, 11) is 0. The van der Waals surface area contributed by atoms with E-state index in [2.05, 4.69) is 56.9 Å². The van der Waals surface area contributed by atoms with Gasteiger partial charge in [0.25, 0.3) is 11.8 Å². The number of nitrogens with zero attached hydrogens (tertiary/aromatic N) is 2. The van der Waals surface area contributed by atoms with Gasteiger partial charge in [-0.2, -0.15) is 0 Å². The standard InChI is InChI=1S/C22H26BrN3O2/c1-6-15(5)26-11-13(3)20-17(8-16(23)9-19(20)26)21(27)24-10-18-12(2)7-14(4)25-22(18)28/h7-9,11,15,18H,6,10H2,1-5H3,(H,24,27). The zero-order valence-electron chi connectivity index (χ0n) is 17.0. The van der Waals surface area contributed by atoms with Gasteiger partial charge in [-0.3, -0.25) is 9.59 Å². The molecule has 3 rings (SSSR count). The summed E-state index contributed by atoms with van der Waals surface area (Å²) in [5.41, 5.74) is 4.36. The number of allylic oxidation sites excluding steroid dienone is 1. The molecule has 0 fully saturated rings. The molecule has 0 saturated heterocycles. The average molecular weight is 444 g/mol. The van der Waals surface area contributed by atoms with Crippen molar-refractivity contribution in [2.24, 2.45) is 10.9 Å². The summed E-state index contributed by atoms with van der Waals surface area (Å²) < 4.78 is 3.08. The van der Waals surface area contributed by atoms with Gasteiger partial charge in [-0.1, -0.05) is 28.4 Å². The number of fused-ring (bicyclic) bond motifs is 1. The van der Waals surface area contributed by atoms with Gasteiger partial charge < -0.3 is 9.88 Å². The molecule has 6 heteroatoms. The van der Waals surface area contributed by atoms with Crippen LogP contribution in [0.1, 0.15) is 56.1 Å². The fourth-order valence-corrected chi connectivity index (χ4v) is 4.19. The number of hydrogen-bond donors (Lipinski definition) is 1. The highest BCUT2D eigenvalue weighted by Crippen LogP contribution is 2.31. The SMILES string of the molecule is CCC(C)n1cc(C)c2c(C(=O)NCC3C(=O)N=C(C)C=C3C)cc(Br)cc21. The second-order valence-electron chi connectivity index (χ2n) is 7.57. The fraction of sp³-hybridized carbons (Fsp3) is 0.409. The molecule has 0 saturated carbocycles. The molecule has 5 nitrogen and oxygen atoms in total. The Morgan fingerprint density at radius 3 is 2.68 bits per heavy atom. The summed E-state index contributed by atoms with van der Waals surface area (Å²) >= 11 is 3.55. The van der Waals surface area contributed by atoms with Crippen molar-refractivity contribution >= 4 is 44.4 Å². The van der Waals surface area contributed by atoms with Gasteiger partial charge in [0.1, 0.15) is 0 Å². The number of benzene rings is 1. The molecule has 0 bridgehead atoms. The molecule has 2 atom stereocenters. The lowest BCUT2D eigenvalue weighted by Gasteiger charge is -2.19. The minimum absolute atomic E-state index is 0.178. The van der Waals surface area contributed by atoms with Crippen LogP contribution in [0.25, 0.3) is 10.9 Å². The lowest BCUT2D eigenvalue weighted by atomic mass is 9.95. The molecule has 1 aliphatic heterocycles. The summed E-state index contributed by atoms with van der Waals surface area (Å²) in [4.78, 5) is 29.2. The molecular weight excluding hydrogens is 418 g/mol. The highest BCUT2D eigenvalue weighted by molar-refractivity contribution is 9.10. The molecule has 2 amide bonds. The van der Waals surface area contributed by atoms with E-state index in [1.807, 2.05) is 26.0 Å². The Hall–Kier alpha value is -2.21. The molecule has 2 heterocycles. The Labute approximate surface area is 174 Å². The minimum Gasteiger partial charge on any atom is -0.351 e. The van der Waals surface area contributed by atoms with Crippen LogP contribution in [0.15, 0.2) is 39.4 Å². The van der Waals surface area contributed by atoms with Gasteiger partial charge in [0.15, 0.2) is 0 Å². The second kappa shape index (κ2) is 8.03. The molecular formula is C22H26BrN3O2. The van der Waals surface area contributed by atoms with Gasteiger partial charge in [-0.15, -0.1) is 0 Å². The smallest absolute Gasteiger partial charge is 0.254 e. The average Bonchev–Trinajstić information content (AvgIpc) is 2.95. The van der Waals surface area contributed by atoms with Crippen LogP contribution in [0.4, 0.5) is 0 Å². The van der Waals surface area contributed by atoms with Crippen LogP contribution >= 0.6 is 15.9 Å². The van der Waals surface area contributed by atoms with Gasteiger partial charge in [-0.25, -0.2) is 4.99 Å². The predicted molar refractivity (Wildman–Crippen MR) is 117 cm³/mol. The molecule has 1 aromatic carbocycles. The van der Waals surface area contributed by atoms with E-state index in [9.17, 15) is 9.59 Å². The number of aromatic nitrogens is 1. The van der Waals surface area contributed by atoms with E-state index in [1.54, 1.807) is 6.92 Å². The van der Waals surface area contributed by atoms with Crippen LogP contribution in [0, 0.1) is 12.8 Å². The Kier molecular flexibility index (Phi) is 5.89. The topological polar surface area (TPSA) is 63.5 Å². The first kappa shape index (κ1) is 20.5. The second-order valence-corrected chi connectivity index (χ2v) is 8.48. The number of dihydropyridines is 1. The van der Waals surface area contributed by atoms with Crippen molar-refractivity contribution < 1.29 is 9.59 Å². The Morgan fingerprint density at radius 2 is 2.04 bits per heavy atom. The first-order valence-electron chi connectivity index (χ1n) is 9.59.